The van der Waals surface area contributed by atoms with Gasteiger partial charge in [0, 0.05) is 7.05 Å². The standard InChI is InChI=1S/C10H8F3N3O/c1-16-6-14-15-9(16)7-4-2-3-5-8(7)17-10(11,12)13/h2-6H,1H3. The van der Waals surface area contributed by atoms with Crippen LogP contribution in [0.5, 0.6) is 5.75 Å². The molecule has 0 N–H and O–H groups in total. The summed E-state index contributed by atoms with van der Waals surface area (Å²) in [4.78, 5) is 0. The Balaban J connectivity index is 2.45. The van der Waals surface area contributed by atoms with E-state index < -0.39 is 6.36 Å². The van der Waals surface area contributed by atoms with Crippen LogP contribution in [0.3, 0.4) is 0 Å². The molecule has 2 rings (SSSR count). The van der Waals surface area contributed by atoms with E-state index in [2.05, 4.69) is 14.9 Å². The Kier molecular flexibility index (Phi) is 2.74. The molecule has 2 aromatic rings. The van der Waals surface area contributed by atoms with Crippen LogP contribution in [-0.4, -0.2) is 21.1 Å². The van der Waals surface area contributed by atoms with E-state index in [1.807, 2.05) is 0 Å². The first kappa shape index (κ1) is 11.4. The van der Waals surface area contributed by atoms with Crippen molar-refractivity contribution in [2.24, 2.45) is 7.05 Å². The highest BCUT2D eigenvalue weighted by atomic mass is 19.4. The van der Waals surface area contributed by atoms with Gasteiger partial charge in [-0.1, -0.05) is 12.1 Å². The maximum absolute atomic E-state index is 12.2. The van der Waals surface area contributed by atoms with Crippen LogP contribution in [0.4, 0.5) is 13.2 Å². The third kappa shape index (κ3) is 2.55. The number of hydrogen-bond donors (Lipinski definition) is 0. The monoisotopic (exact) mass is 243 g/mol. The summed E-state index contributed by atoms with van der Waals surface area (Å²) in [5.74, 6) is 0.0148. The Bertz CT molecular complexity index is 522. The number of alkyl halides is 3. The molecule has 1 heterocycles. The third-order valence-electron chi connectivity index (χ3n) is 2.07. The molecule has 90 valence electrons. The second kappa shape index (κ2) is 4.08. The predicted octanol–water partition coefficient (Wildman–Crippen LogP) is 2.38. The summed E-state index contributed by atoms with van der Waals surface area (Å²) < 4.78 is 42.0. The first-order valence-corrected chi connectivity index (χ1v) is 4.66. The molecule has 7 heteroatoms. The fraction of sp³-hybridized carbons (Fsp3) is 0.200. The largest absolute Gasteiger partial charge is 0.573 e. The van der Waals surface area contributed by atoms with Gasteiger partial charge in [0.1, 0.15) is 12.1 Å². The molecular formula is C10H8F3N3O. The molecule has 1 aromatic heterocycles. The van der Waals surface area contributed by atoms with Crippen LogP contribution in [0.2, 0.25) is 0 Å². The number of aryl methyl sites for hydroxylation is 1. The lowest BCUT2D eigenvalue weighted by molar-refractivity contribution is -0.274. The minimum Gasteiger partial charge on any atom is -0.405 e. The van der Waals surface area contributed by atoms with Crippen LogP contribution >= 0.6 is 0 Å². The molecule has 17 heavy (non-hydrogen) atoms. The van der Waals surface area contributed by atoms with Crippen molar-refractivity contribution >= 4 is 0 Å². The first-order chi connectivity index (χ1) is 7.97. The number of halogens is 3. The van der Waals surface area contributed by atoms with Gasteiger partial charge in [-0.05, 0) is 12.1 Å². The van der Waals surface area contributed by atoms with Crippen molar-refractivity contribution < 1.29 is 17.9 Å². The maximum Gasteiger partial charge on any atom is 0.573 e. The number of para-hydroxylation sites is 1. The molecule has 0 fully saturated rings. The summed E-state index contributed by atoms with van der Waals surface area (Å²) in [5.41, 5.74) is 0.241. The summed E-state index contributed by atoms with van der Waals surface area (Å²) in [6.45, 7) is 0. The average Bonchev–Trinajstić information content (AvgIpc) is 2.63. The van der Waals surface area contributed by atoms with E-state index in [4.69, 9.17) is 0 Å². The zero-order valence-corrected chi connectivity index (χ0v) is 8.77. The predicted molar refractivity (Wildman–Crippen MR) is 53.1 cm³/mol. The topological polar surface area (TPSA) is 39.9 Å². The van der Waals surface area contributed by atoms with Crippen molar-refractivity contribution in [1.82, 2.24) is 14.8 Å². The molecule has 0 aliphatic carbocycles. The Morgan fingerprint density at radius 1 is 1.24 bits per heavy atom. The van der Waals surface area contributed by atoms with E-state index in [1.54, 1.807) is 13.1 Å². The molecule has 0 saturated carbocycles. The van der Waals surface area contributed by atoms with Gasteiger partial charge in [0.2, 0.25) is 0 Å². The van der Waals surface area contributed by atoms with Crippen molar-refractivity contribution in [3.05, 3.63) is 30.6 Å². The average molecular weight is 243 g/mol. The number of benzene rings is 1. The molecule has 0 amide bonds. The Hall–Kier alpha value is -2.05. The molecule has 0 unspecified atom stereocenters. The molecule has 0 bridgehead atoms. The van der Waals surface area contributed by atoms with Gasteiger partial charge in [0.25, 0.3) is 0 Å². The molecule has 0 aliphatic rings. The zero-order chi connectivity index (χ0) is 12.5. The number of nitrogens with zero attached hydrogens (tertiary/aromatic N) is 3. The van der Waals surface area contributed by atoms with Crippen molar-refractivity contribution in [2.45, 2.75) is 6.36 Å². The van der Waals surface area contributed by atoms with Crippen LogP contribution in [-0.2, 0) is 7.05 Å². The smallest absolute Gasteiger partial charge is 0.405 e. The molecule has 1 aromatic carbocycles. The molecular weight excluding hydrogens is 235 g/mol. The first-order valence-electron chi connectivity index (χ1n) is 4.66. The van der Waals surface area contributed by atoms with E-state index in [9.17, 15) is 13.2 Å². The van der Waals surface area contributed by atoms with Crippen molar-refractivity contribution in [3.8, 4) is 17.1 Å². The Labute approximate surface area is 94.7 Å². The van der Waals surface area contributed by atoms with Crippen molar-refractivity contribution in [3.63, 3.8) is 0 Å². The number of rotatable bonds is 2. The normalized spacial score (nSPS) is 11.5. The highest BCUT2D eigenvalue weighted by Crippen LogP contribution is 2.32. The summed E-state index contributed by atoms with van der Waals surface area (Å²) in [6, 6.07) is 5.79. The minimum absolute atomic E-state index is 0.241. The molecule has 0 saturated heterocycles. The quantitative estimate of drug-likeness (QED) is 0.813. The van der Waals surface area contributed by atoms with E-state index in [0.29, 0.717) is 5.82 Å². The minimum atomic E-state index is -4.73. The second-order valence-corrected chi connectivity index (χ2v) is 3.31. The van der Waals surface area contributed by atoms with Crippen LogP contribution in [0.25, 0.3) is 11.4 Å². The summed E-state index contributed by atoms with van der Waals surface area (Å²) in [6.07, 6.45) is -3.33. The van der Waals surface area contributed by atoms with E-state index >= 15 is 0 Å². The van der Waals surface area contributed by atoms with Gasteiger partial charge in [-0.3, -0.25) is 0 Å². The third-order valence-corrected chi connectivity index (χ3v) is 2.07. The lowest BCUT2D eigenvalue weighted by Gasteiger charge is -2.12. The van der Waals surface area contributed by atoms with Crippen molar-refractivity contribution in [2.75, 3.05) is 0 Å². The summed E-state index contributed by atoms with van der Waals surface area (Å²) >= 11 is 0. The fourth-order valence-corrected chi connectivity index (χ4v) is 1.39. The van der Waals surface area contributed by atoms with Gasteiger partial charge >= 0.3 is 6.36 Å². The van der Waals surface area contributed by atoms with Gasteiger partial charge in [-0.15, -0.1) is 23.4 Å². The lowest BCUT2D eigenvalue weighted by Crippen LogP contribution is -2.17. The Morgan fingerprint density at radius 2 is 1.94 bits per heavy atom. The molecule has 4 nitrogen and oxygen atoms in total. The summed E-state index contributed by atoms with van der Waals surface area (Å²) in [5, 5.41) is 7.35. The van der Waals surface area contributed by atoms with E-state index in [0.717, 1.165) is 0 Å². The molecule has 0 radical (unpaired) electrons. The highest BCUT2D eigenvalue weighted by Gasteiger charge is 2.32. The van der Waals surface area contributed by atoms with Gasteiger partial charge in [0.15, 0.2) is 5.82 Å². The van der Waals surface area contributed by atoms with Gasteiger partial charge in [0.05, 0.1) is 5.56 Å². The van der Waals surface area contributed by atoms with Gasteiger partial charge in [-0.2, -0.15) is 0 Å². The summed E-state index contributed by atoms with van der Waals surface area (Å²) in [7, 11) is 1.64. The van der Waals surface area contributed by atoms with Crippen LogP contribution in [0.1, 0.15) is 0 Å². The van der Waals surface area contributed by atoms with E-state index in [-0.39, 0.29) is 11.3 Å². The van der Waals surface area contributed by atoms with Gasteiger partial charge < -0.3 is 9.30 Å². The zero-order valence-electron chi connectivity index (χ0n) is 8.77. The molecule has 0 spiro atoms. The maximum atomic E-state index is 12.2. The lowest BCUT2D eigenvalue weighted by atomic mass is 10.2. The van der Waals surface area contributed by atoms with Crippen LogP contribution in [0, 0.1) is 0 Å². The Morgan fingerprint density at radius 3 is 2.53 bits per heavy atom. The van der Waals surface area contributed by atoms with E-state index in [1.165, 1.54) is 29.1 Å². The SMILES string of the molecule is Cn1cnnc1-c1ccccc1OC(F)(F)F. The van der Waals surface area contributed by atoms with Gasteiger partial charge in [-0.25, -0.2) is 0 Å². The number of ether oxygens (including phenoxy) is 1. The fourth-order valence-electron chi connectivity index (χ4n) is 1.39. The number of aromatic nitrogens is 3. The molecule has 0 atom stereocenters. The molecule has 0 aliphatic heterocycles. The highest BCUT2D eigenvalue weighted by molar-refractivity contribution is 5.63. The van der Waals surface area contributed by atoms with Crippen LogP contribution in [0.15, 0.2) is 30.6 Å². The number of hydrogen-bond acceptors (Lipinski definition) is 3. The second-order valence-electron chi connectivity index (χ2n) is 3.31. The van der Waals surface area contributed by atoms with Crippen molar-refractivity contribution in [1.29, 1.82) is 0 Å². The van der Waals surface area contributed by atoms with Crippen LogP contribution < -0.4 is 4.74 Å².